The van der Waals surface area contributed by atoms with Crippen molar-refractivity contribution in [3.05, 3.63) is 59.2 Å². The molecule has 0 spiro atoms. The Morgan fingerprint density at radius 3 is 2.20 bits per heavy atom. The number of esters is 1. The number of allylic oxidation sites excluding steroid dienone is 2. The molecular weight excluding hydrogens is 460 g/mol. The lowest BCUT2D eigenvalue weighted by Gasteiger charge is -2.19. The lowest BCUT2D eigenvalue weighted by atomic mass is 9.88. The fourth-order valence-corrected chi connectivity index (χ4v) is 5.34. The van der Waals surface area contributed by atoms with Gasteiger partial charge in [-0.05, 0) is 68.2 Å². The second-order valence-corrected chi connectivity index (χ2v) is 9.32. The molecule has 3 nitrogen and oxygen atoms in total. The van der Waals surface area contributed by atoms with E-state index in [2.05, 4.69) is 13.0 Å². The quantitative estimate of drug-likeness (QED) is 0.118. The molecule has 0 radical (unpaired) electrons. The zero-order valence-corrected chi connectivity index (χ0v) is 20.0. The van der Waals surface area contributed by atoms with Gasteiger partial charge in [0.15, 0.2) is 23.1 Å². The first-order valence-corrected chi connectivity index (χ1v) is 12.4. The van der Waals surface area contributed by atoms with Gasteiger partial charge in [0.05, 0.1) is 12.5 Å². The van der Waals surface area contributed by atoms with Crippen LogP contribution >= 0.6 is 0 Å². The second kappa shape index (κ2) is 10.8. The highest BCUT2D eigenvalue weighted by Crippen LogP contribution is 2.49. The summed E-state index contributed by atoms with van der Waals surface area (Å²) in [5, 5.41) is 0. The first-order valence-electron chi connectivity index (χ1n) is 12.4. The van der Waals surface area contributed by atoms with Gasteiger partial charge in [0, 0.05) is 11.1 Å². The van der Waals surface area contributed by atoms with Crippen molar-refractivity contribution < 1.29 is 31.8 Å². The highest BCUT2D eigenvalue weighted by Gasteiger charge is 2.44. The van der Waals surface area contributed by atoms with Crippen molar-refractivity contribution in [1.29, 1.82) is 0 Å². The van der Waals surface area contributed by atoms with Crippen molar-refractivity contribution in [3.63, 3.8) is 0 Å². The summed E-state index contributed by atoms with van der Waals surface area (Å²) in [5.41, 5.74) is 0.466. The highest BCUT2D eigenvalue weighted by atomic mass is 19.2. The molecule has 0 saturated heterocycles. The van der Waals surface area contributed by atoms with E-state index in [9.17, 15) is 22.4 Å². The molecule has 0 bridgehead atoms. The fraction of sp³-hybridized carbons (Fsp3) is 0.464. The molecule has 0 aromatic heterocycles. The molecule has 3 unspecified atom stereocenters. The molecule has 0 heterocycles. The molecule has 4 rings (SSSR count). The summed E-state index contributed by atoms with van der Waals surface area (Å²) in [6.45, 7) is 4.26. The molecule has 2 aromatic rings. The molecule has 3 atom stereocenters. The molecule has 35 heavy (non-hydrogen) atoms. The van der Waals surface area contributed by atoms with Crippen molar-refractivity contribution in [2.75, 3.05) is 6.61 Å². The zero-order chi connectivity index (χ0) is 25.1. The van der Waals surface area contributed by atoms with E-state index >= 15 is 0 Å². The molecule has 2 aliphatic rings. The molecule has 2 aliphatic carbocycles. The van der Waals surface area contributed by atoms with Crippen molar-refractivity contribution in [3.8, 4) is 22.6 Å². The summed E-state index contributed by atoms with van der Waals surface area (Å²) in [7, 11) is 0. The van der Waals surface area contributed by atoms with Crippen molar-refractivity contribution in [1.82, 2.24) is 0 Å². The van der Waals surface area contributed by atoms with E-state index in [0.29, 0.717) is 18.8 Å². The average molecular weight is 491 g/mol. The van der Waals surface area contributed by atoms with Gasteiger partial charge in [0.2, 0.25) is 11.6 Å². The number of halogens is 4. The minimum absolute atomic E-state index is 0.131. The second-order valence-electron chi connectivity index (χ2n) is 9.32. The monoisotopic (exact) mass is 490 g/mol. The van der Waals surface area contributed by atoms with Crippen LogP contribution in [0.1, 0.15) is 58.8 Å². The summed E-state index contributed by atoms with van der Waals surface area (Å²) < 4.78 is 69.3. The van der Waals surface area contributed by atoms with Gasteiger partial charge < -0.3 is 9.47 Å². The predicted molar refractivity (Wildman–Crippen MR) is 125 cm³/mol. The van der Waals surface area contributed by atoms with E-state index in [0.717, 1.165) is 50.3 Å². The smallest absolute Gasteiger partial charge is 0.314 e. The number of hydrogen-bond acceptors (Lipinski definition) is 3. The SMILES string of the molecule is CCCCOc1ccc(-c2ccc(OC(=O)C3CCC4C(CCC)=CCC34)c(F)c2F)c(F)c1F. The van der Waals surface area contributed by atoms with Crippen LogP contribution in [-0.4, -0.2) is 12.6 Å². The maximum atomic E-state index is 14.9. The van der Waals surface area contributed by atoms with Crippen LogP contribution in [0.4, 0.5) is 17.6 Å². The Hall–Kier alpha value is -2.83. The number of ether oxygens (including phenoxy) is 2. The van der Waals surface area contributed by atoms with Gasteiger partial charge in [-0.2, -0.15) is 8.78 Å². The zero-order valence-electron chi connectivity index (χ0n) is 20.0. The van der Waals surface area contributed by atoms with Crippen molar-refractivity contribution in [2.24, 2.45) is 17.8 Å². The Kier molecular flexibility index (Phi) is 7.82. The minimum Gasteiger partial charge on any atom is -0.490 e. The van der Waals surface area contributed by atoms with Gasteiger partial charge in [-0.25, -0.2) is 8.78 Å². The normalized spacial score (nSPS) is 21.1. The first-order chi connectivity index (χ1) is 16.9. The van der Waals surface area contributed by atoms with E-state index in [4.69, 9.17) is 9.47 Å². The van der Waals surface area contributed by atoms with E-state index in [1.807, 2.05) is 6.92 Å². The maximum Gasteiger partial charge on any atom is 0.314 e. The molecule has 0 amide bonds. The summed E-state index contributed by atoms with van der Waals surface area (Å²) in [6, 6.07) is 4.50. The lowest BCUT2D eigenvalue weighted by molar-refractivity contribution is -0.140. The number of hydrogen-bond donors (Lipinski definition) is 0. The molecule has 2 aromatic carbocycles. The van der Waals surface area contributed by atoms with Gasteiger partial charge >= 0.3 is 5.97 Å². The number of carbonyl (C=O) groups excluding carboxylic acids is 1. The lowest BCUT2D eigenvalue weighted by Crippen LogP contribution is -2.25. The Morgan fingerprint density at radius 2 is 1.54 bits per heavy atom. The summed E-state index contributed by atoms with van der Waals surface area (Å²) in [6.07, 6.45) is 8.06. The summed E-state index contributed by atoms with van der Waals surface area (Å²) in [4.78, 5) is 12.8. The van der Waals surface area contributed by atoms with Gasteiger partial charge in [-0.15, -0.1) is 0 Å². The third kappa shape index (κ3) is 4.95. The minimum atomic E-state index is -1.41. The third-order valence-electron chi connectivity index (χ3n) is 7.14. The topological polar surface area (TPSA) is 35.5 Å². The Balaban J connectivity index is 1.50. The Morgan fingerprint density at radius 1 is 0.886 bits per heavy atom. The Labute approximate surface area is 203 Å². The Bertz CT molecular complexity index is 1130. The molecule has 188 valence electrons. The van der Waals surface area contributed by atoms with Crippen LogP contribution in [0.2, 0.25) is 0 Å². The summed E-state index contributed by atoms with van der Waals surface area (Å²) in [5.74, 6) is -6.75. The van der Waals surface area contributed by atoms with Crippen LogP contribution in [-0.2, 0) is 4.79 Å². The van der Waals surface area contributed by atoms with Gasteiger partial charge in [0.1, 0.15) is 0 Å². The first kappa shape index (κ1) is 25.3. The highest BCUT2D eigenvalue weighted by molar-refractivity contribution is 5.77. The summed E-state index contributed by atoms with van der Waals surface area (Å²) >= 11 is 0. The van der Waals surface area contributed by atoms with Crippen LogP contribution < -0.4 is 9.47 Å². The number of benzene rings is 2. The fourth-order valence-electron chi connectivity index (χ4n) is 5.34. The molecular formula is C28H30F4O3. The van der Waals surface area contributed by atoms with E-state index in [-0.39, 0.29) is 24.2 Å². The maximum absolute atomic E-state index is 14.9. The van der Waals surface area contributed by atoms with Crippen LogP contribution in [0.15, 0.2) is 35.9 Å². The van der Waals surface area contributed by atoms with Crippen LogP contribution in [0.25, 0.3) is 11.1 Å². The van der Waals surface area contributed by atoms with Crippen molar-refractivity contribution >= 4 is 5.97 Å². The van der Waals surface area contributed by atoms with E-state index in [1.54, 1.807) is 0 Å². The molecule has 1 fully saturated rings. The largest absolute Gasteiger partial charge is 0.490 e. The number of unbranched alkanes of at least 4 members (excludes halogenated alkanes) is 1. The predicted octanol–water partition coefficient (Wildman–Crippen LogP) is 7.77. The number of rotatable bonds is 9. The molecule has 1 saturated carbocycles. The van der Waals surface area contributed by atoms with Gasteiger partial charge in [-0.1, -0.05) is 38.3 Å². The number of fused-ring (bicyclic) bond motifs is 1. The standard InChI is InChI=1S/C28H30F4O3/c1-3-5-15-34-22-13-11-19(24(29)26(22)31)20-12-14-23(27(32)25(20)30)35-28(33)21-10-9-17-16(6-4-2)7-8-18(17)21/h7,11-14,17-18,21H,3-6,8-10,15H2,1-2H3. The van der Waals surface area contributed by atoms with Crippen LogP contribution in [0.3, 0.4) is 0 Å². The molecule has 0 N–H and O–H groups in total. The third-order valence-corrected chi connectivity index (χ3v) is 7.14. The van der Waals surface area contributed by atoms with E-state index < -0.39 is 46.1 Å². The molecule has 7 heteroatoms. The van der Waals surface area contributed by atoms with E-state index in [1.165, 1.54) is 11.6 Å². The average Bonchev–Trinajstić information content (AvgIpc) is 3.44. The molecule has 0 aliphatic heterocycles. The van der Waals surface area contributed by atoms with Crippen LogP contribution in [0.5, 0.6) is 11.5 Å². The van der Waals surface area contributed by atoms with Crippen molar-refractivity contribution in [2.45, 2.75) is 58.8 Å². The van der Waals surface area contributed by atoms with Gasteiger partial charge in [-0.3, -0.25) is 4.79 Å². The van der Waals surface area contributed by atoms with Gasteiger partial charge in [0.25, 0.3) is 0 Å². The number of carbonyl (C=O) groups is 1. The van der Waals surface area contributed by atoms with Crippen LogP contribution in [0, 0.1) is 41.0 Å².